The molecule has 1 heterocycles. The summed E-state index contributed by atoms with van der Waals surface area (Å²) < 4.78 is 14.4. The molecule has 4 heteroatoms. The largest absolute Gasteiger partial charge is 0.312 e. The summed E-state index contributed by atoms with van der Waals surface area (Å²) in [4.78, 5) is 1.21. The van der Waals surface area contributed by atoms with Crippen molar-refractivity contribution < 1.29 is 4.39 Å². The molecule has 21 heavy (non-hydrogen) atoms. The summed E-state index contributed by atoms with van der Waals surface area (Å²) in [6, 6.07) is 15.1. The molecule has 3 aromatic rings. The highest BCUT2D eigenvalue weighted by Crippen LogP contribution is 2.32. The number of hydrogen-bond acceptors (Lipinski definition) is 2. The van der Waals surface area contributed by atoms with Gasteiger partial charge in [-0.15, -0.1) is 11.3 Å². The molecule has 0 saturated heterocycles. The first-order valence-corrected chi connectivity index (χ1v) is 7.96. The third-order valence-electron chi connectivity index (χ3n) is 3.52. The van der Waals surface area contributed by atoms with Crippen LogP contribution in [0.25, 0.3) is 10.1 Å². The lowest BCUT2D eigenvalue weighted by molar-refractivity contribution is 0.602. The molecule has 1 unspecified atom stereocenters. The Morgan fingerprint density at radius 2 is 2.05 bits per heavy atom. The maximum absolute atomic E-state index is 13.3. The second-order valence-electron chi connectivity index (χ2n) is 5.01. The van der Waals surface area contributed by atoms with Crippen LogP contribution >= 0.6 is 22.9 Å². The summed E-state index contributed by atoms with van der Waals surface area (Å²) in [6.07, 6.45) is 0.854. The molecule has 0 radical (unpaired) electrons. The molecular weight excluding hydrogens is 305 g/mol. The Morgan fingerprint density at radius 1 is 1.19 bits per heavy atom. The molecule has 0 spiro atoms. The summed E-state index contributed by atoms with van der Waals surface area (Å²) in [6.45, 7) is 0. The number of fused-ring (bicyclic) bond motifs is 1. The Morgan fingerprint density at radius 3 is 2.81 bits per heavy atom. The van der Waals surface area contributed by atoms with Crippen molar-refractivity contribution in [2.75, 3.05) is 7.05 Å². The van der Waals surface area contributed by atoms with Gasteiger partial charge in [0.25, 0.3) is 0 Å². The van der Waals surface area contributed by atoms with Crippen molar-refractivity contribution in [1.29, 1.82) is 0 Å². The molecule has 0 aliphatic rings. The fourth-order valence-corrected chi connectivity index (χ4v) is 3.82. The number of benzene rings is 2. The zero-order chi connectivity index (χ0) is 14.8. The molecule has 0 amide bonds. The van der Waals surface area contributed by atoms with Gasteiger partial charge in [0.2, 0.25) is 0 Å². The van der Waals surface area contributed by atoms with Crippen LogP contribution in [0.2, 0.25) is 5.02 Å². The molecule has 0 bridgehead atoms. The van der Waals surface area contributed by atoms with Gasteiger partial charge in [0.1, 0.15) is 5.82 Å². The van der Waals surface area contributed by atoms with Gasteiger partial charge in [-0.05, 0) is 60.8 Å². The third kappa shape index (κ3) is 3.26. The van der Waals surface area contributed by atoms with Gasteiger partial charge in [-0.3, -0.25) is 0 Å². The highest BCUT2D eigenvalue weighted by atomic mass is 35.5. The highest BCUT2D eigenvalue weighted by Gasteiger charge is 2.14. The summed E-state index contributed by atoms with van der Waals surface area (Å²) in [7, 11) is 1.94. The van der Waals surface area contributed by atoms with Gasteiger partial charge in [-0.1, -0.05) is 23.7 Å². The Hall–Kier alpha value is -1.42. The van der Waals surface area contributed by atoms with Crippen molar-refractivity contribution in [3.63, 3.8) is 0 Å². The molecule has 0 aliphatic heterocycles. The van der Waals surface area contributed by atoms with E-state index in [9.17, 15) is 4.39 Å². The SMILES string of the molecule is CNC(Cc1cccc(Cl)c1)c1cc2cc(F)ccc2s1. The predicted octanol–water partition coefficient (Wildman–Crippen LogP) is 5.20. The van der Waals surface area contributed by atoms with Crippen molar-refractivity contribution >= 4 is 33.0 Å². The summed E-state index contributed by atoms with van der Waals surface area (Å²) >= 11 is 7.74. The van der Waals surface area contributed by atoms with Crippen molar-refractivity contribution in [2.45, 2.75) is 12.5 Å². The molecule has 0 aliphatic carbocycles. The first kappa shape index (κ1) is 14.5. The van der Waals surface area contributed by atoms with Gasteiger partial charge < -0.3 is 5.32 Å². The lowest BCUT2D eigenvalue weighted by Gasteiger charge is -2.14. The van der Waals surface area contributed by atoms with E-state index in [0.29, 0.717) is 0 Å². The minimum absolute atomic E-state index is 0.192. The van der Waals surface area contributed by atoms with Gasteiger partial charge >= 0.3 is 0 Å². The summed E-state index contributed by atoms with van der Waals surface area (Å²) in [5.74, 6) is -0.192. The second-order valence-corrected chi connectivity index (χ2v) is 6.56. The number of likely N-dealkylation sites (N-methyl/N-ethyl adjacent to an activating group) is 1. The van der Waals surface area contributed by atoms with Crippen LogP contribution in [-0.4, -0.2) is 7.05 Å². The highest BCUT2D eigenvalue weighted by molar-refractivity contribution is 7.19. The van der Waals surface area contributed by atoms with Gasteiger partial charge in [-0.25, -0.2) is 4.39 Å². The Kier molecular flexibility index (Phi) is 4.24. The monoisotopic (exact) mass is 319 g/mol. The average molecular weight is 320 g/mol. The Labute approximate surface area is 132 Å². The van der Waals surface area contributed by atoms with Crippen LogP contribution in [0.4, 0.5) is 4.39 Å². The summed E-state index contributed by atoms with van der Waals surface area (Å²) in [5.41, 5.74) is 1.19. The van der Waals surface area contributed by atoms with Gasteiger partial charge in [-0.2, -0.15) is 0 Å². The molecule has 2 aromatic carbocycles. The maximum atomic E-state index is 13.3. The topological polar surface area (TPSA) is 12.0 Å². The number of hydrogen-bond donors (Lipinski definition) is 1. The lowest BCUT2D eigenvalue weighted by Crippen LogP contribution is -2.17. The fraction of sp³-hybridized carbons (Fsp3) is 0.176. The molecule has 1 nitrogen and oxygen atoms in total. The smallest absolute Gasteiger partial charge is 0.123 e. The van der Waals surface area contributed by atoms with Crippen LogP contribution in [0.3, 0.4) is 0 Å². The quantitative estimate of drug-likeness (QED) is 0.697. The molecule has 0 saturated carbocycles. The van der Waals surface area contributed by atoms with E-state index in [4.69, 9.17) is 11.6 Å². The molecule has 1 N–H and O–H groups in total. The molecule has 108 valence electrons. The van der Waals surface area contributed by atoms with Gasteiger partial charge in [0, 0.05) is 20.6 Å². The number of nitrogens with one attached hydrogen (secondary N) is 1. The minimum atomic E-state index is -0.192. The predicted molar refractivity (Wildman–Crippen MR) is 88.7 cm³/mol. The third-order valence-corrected chi connectivity index (χ3v) is 4.98. The molecule has 0 fully saturated rings. The van der Waals surface area contributed by atoms with Crippen molar-refractivity contribution in [2.24, 2.45) is 0 Å². The maximum Gasteiger partial charge on any atom is 0.123 e. The zero-order valence-corrected chi connectivity index (χ0v) is 13.1. The number of rotatable bonds is 4. The van der Waals surface area contributed by atoms with E-state index >= 15 is 0 Å². The van der Waals surface area contributed by atoms with E-state index in [-0.39, 0.29) is 11.9 Å². The van der Waals surface area contributed by atoms with Crippen LogP contribution in [0.5, 0.6) is 0 Å². The summed E-state index contributed by atoms with van der Waals surface area (Å²) in [5, 5.41) is 5.05. The van der Waals surface area contributed by atoms with Crippen LogP contribution in [0.1, 0.15) is 16.5 Å². The Balaban J connectivity index is 1.90. The molecular formula is C17H15ClFNS. The van der Waals surface area contributed by atoms with Crippen LogP contribution < -0.4 is 5.32 Å². The zero-order valence-electron chi connectivity index (χ0n) is 11.6. The first-order valence-electron chi connectivity index (χ1n) is 6.76. The minimum Gasteiger partial charge on any atom is -0.312 e. The molecule has 3 rings (SSSR count). The van der Waals surface area contributed by atoms with E-state index in [0.717, 1.165) is 21.5 Å². The van der Waals surface area contributed by atoms with Crippen LogP contribution in [0, 0.1) is 5.82 Å². The Bertz CT molecular complexity index is 768. The van der Waals surface area contributed by atoms with Crippen LogP contribution in [-0.2, 0) is 6.42 Å². The molecule has 1 aromatic heterocycles. The van der Waals surface area contributed by atoms with E-state index in [1.54, 1.807) is 17.4 Å². The normalized spacial score (nSPS) is 12.7. The average Bonchev–Trinajstić information content (AvgIpc) is 2.87. The lowest BCUT2D eigenvalue weighted by atomic mass is 10.0. The standard InChI is InChI=1S/C17H15ClFNS/c1-20-15(8-11-3-2-4-13(18)7-11)17-10-12-9-14(19)5-6-16(12)21-17/h2-7,9-10,15,20H,8H2,1H3. The fourth-order valence-electron chi connectivity index (χ4n) is 2.45. The van der Waals surface area contributed by atoms with E-state index in [1.807, 2.05) is 31.3 Å². The van der Waals surface area contributed by atoms with E-state index < -0.39 is 0 Å². The van der Waals surface area contributed by atoms with Gasteiger partial charge in [0.05, 0.1) is 0 Å². The number of thiophene rings is 1. The van der Waals surface area contributed by atoms with E-state index in [2.05, 4.69) is 17.4 Å². The second kappa shape index (κ2) is 6.14. The van der Waals surface area contributed by atoms with Crippen molar-refractivity contribution in [3.05, 3.63) is 69.8 Å². The van der Waals surface area contributed by atoms with E-state index in [1.165, 1.54) is 16.5 Å². The molecule has 1 atom stereocenters. The van der Waals surface area contributed by atoms with Crippen LogP contribution in [0.15, 0.2) is 48.5 Å². The van der Waals surface area contributed by atoms with Crippen molar-refractivity contribution in [3.8, 4) is 0 Å². The number of halogens is 2. The first-order chi connectivity index (χ1) is 10.2. The van der Waals surface area contributed by atoms with Gasteiger partial charge in [0.15, 0.2) is 0 Å². The van der Waals surface area contributed by atoms with Crippen molar-refractivity contribution in [1.82, 2.24) is 5.32 Å².